The lowest BCUT2D eigenvalue weighted by atomic mass is 10.0. The van der Waals surface area contributed by atoms with E-state index in [1.165, 1.54) is 30.3 Å². The van der Waals surface area contributed by atoms with Crippen molar-refractivity contribution >= 4 is 50.0 Å². The molecule has 3 N–H and O–H groups in total. The van der Waals surface area contributed by atoms with Gasteiger partial charge in [0.15, 0.2) is 9.84 Å². The maximum atomic E-state index is 14.4. The van der Waals surface area contributed by atoms with E-state index in [0.29, 0.717) is 5.56 Å². The molecule has 9 nitrogen and oxygen atoms in total. The number of nitrogens with two attached hydrogens (primary N) is 1. The summed E-state index contributed by atoms with van der Waals surface area (Å²) in [5, 5.41) is -0.124. The Balaban J connectivity index is 2.35. The SMILES string of the molecule is Cc1c(Oc2cccc(N(CCC(F)S(=O)(=O)CCCF)S(=O)O)c2Cl)ccc(N)c1C(=O)OC(C)(C)C. The van der Waals surface area contributed by atoms with Crippen LogP contribution in [0.5, 0.6) is 11.5 Å². The molecule has 0 aromatic heterocycles. The smallest absolute Gasteiger partial charge is 0.341 e. The highest BCUT2D eigenvalue weighted by atomic mass is 35.5. The van der Waals surface area contributed by atoms with Gasteiger partial charge in [0.2, 0.25) is 5.50 Å². The molecule has 212 valence electrons. The number of carbonyl (C=O) groups is 1. The largest absolute Gasteiger partial charge is 0.456 e. The molecule has 0 aliphatic carbocycles. The zero-order chi connectivity index (χ0) is 28.8. The molecule has 2 aromatic rings. The van der Waals surface area contributed by atoms with E-state index in [1.807, 2.05) is 0 Å². The minimum Gasteiger partial charge on any atom is -0.456 e. The Labute approximate surface area is 228 Å². The number of hydrogen-bond acceptors (Lipinski definition) is 7. The Kier molecular flexibility index (Phi) is 10.9. The number of ether oxygens (including phenoxy) is 2. The van der Waals surface area contributed by atoms with Crippen LogP contribution in [0.4, 0.5) is 20.2 Å². The molecule has 0 fully saturated rings. The van der Waals surface area contributed by atoms with Gasteiger partial charge in [-0.3, -0.25) is 13.2 Å². The van der Waals surface area contributed by atoms with E-state index in [2.05, 4.69) is 0 Å². The van der Waals surface area contributed by atoms with Crippen LogP contribution in [-0.2, 0) is 25.8 Å². The summed E-state index contributed by atoms with van der Waals surface area (Å²) < 4.78 is 84.6. The van der Waals surface area contributed by atoms with Crippen molar-refractivity contribution in [3.05, 3.63) is 46.5 Å². The molecule has 2 rings (SSSR count). The fourth-order valence-electron chi connectivity index (χ4n) is 3.38. The number of rotatable bonds is 12. The van der Waals surface area contributed by atoms with Crippen LogP contribution in [-0.4, -0.2) is 53.2 Å². The van der Waals surface area contributed by atoms with E-state index >= 15 is 0 Å². The van der Waals surface area contributed by atoms with Gasteiger partial charge in [0.05, 0.1) is 23.7 Å². The Hall–Kier alpha value is -2.48. The Bertz CT molecular complexity index is 1290. The Morgan fingerprint density at radius 3 is 2.47 bits per heavy atom. The summed E-state index contributed by atoms with van der Waals surface area (Å²) in [6, 6.07) is 7.27. The fourth-order valence-corrected chi connectivity index (χ4v) is 5.51. The predicted molar refractivity (Wildman–Crippen MR) is 144 cm³/mol. The average Bonchev–Trinajstić information content (AvgIpc) is 2.80. The first-order valence-corrected chi connectivity index (χ1v) is 14.6. The molecule has 2 atom stereocenters. The molecule has 2 aromatic carbocycles. The van der Waals surface area contributed by atoms with Gasteiger partial charge in [-0.2, -0.15) is 0 Å². The first-order valence-electron chi connectivity index (χ1n) is 11.5. The van der Waals surface area contributed by atoms with E-state index < -0.39 is 63.6 Å². The Morgan fingerprint density at radius 2 is 1.89 bits per heavy atom. The average molecular weight is 597 g/mol. The van der Waals surface area contributed by atoms with Crippen LogP contribution < -0.4 is 14.8 Å². The van der Waals surface area contributed by atoms with Crippen molar-refractivity contribution in [1.29, 1.82) is 0 Å². The lowest BCUT2D eigenvalue weighted by Gasteiger charge is -2.23. The van der Waals surface area contributed by atoms with Gasteiger partial charge in [0, 0.05) is 24.2 Å². The molecule has 2 unspecified atom stereocenters. The second kappa shape index (κ2) is 13.0. The summed E-state index contributed by atoms with van der Waals surface area (Å²) in [6.45, 7) is 5.33. The molecule has 0 heterocycles. The van der Waals surface area contributed by atoms with Crippen molar-refractivity contribution in [2.75, 3.05) is 29.0 Å². The second-order valence-corrected chi connectivity index (χ2v) is 12.8. The summed E-state index contributed by atoms with van der Waals surface area (Å²) in [5.41, 5.74) is 3.49. The number of nitrogen functional groups attached to an aromatic ring is 1. The van der Waals surface area contributed by atoms with E-state index in [4.69, 9.17) is 26.8 Å². The van der Waals surface area contributed by atoms with Crippen molar-refractivity contribution in [3.63, 3.8) is 0 Å². The minimum atomic E-state index is -4.24. The molecule has 0 amide bonds. The molecule has 0 radical (unpaired) electrons. The molecule has 0 saturated heterocycles. The Morgan fingerprint density at radius 1 is 1.24 bits per heavy atom. The molecule has 38 heavy (non-hydrogen) atoms. The highest BCUT2D eigenvalue weighted by Gasteiger charge is 2.28. The van der Waals surface area contributed by atoms with Crippen LogP contribution in [0.3, 0.4) is 0 Å². The third-order valence-electron chi connectivity index (χ3n) is 5.18. The highest BCUT2D eigenvalue weighted by molar-refractivity contribution is 7.91. The number of sulfone groups is 1. The van der Waals surface area contributed by atoms with Gasteiger partial charge in [0.1, 0.15) is 22.1 Å². The molecule has 0 bridgehead atoms. The first-order chi connectivity index (χ1) is 17.6. The van der Waals surface area contributed by atoms with Gasteiger partial charge >= 0.3 is 5.97 Å². The molecular weight excluding hydrogens is 566 g/mol. The van der Waals surface area contributed by atoms with Crippen molar-refractivity contribution < 1.29 is 40.2 Å². The molecule has 14 heteroatoms. The third kappa shape index (κ3) is 8.26. The van der Waals surface area contributed by atoms with E-state index in [0.717, 1.165) is 4.31 Å². The van der Waals surface area contributed by atoms with Gasteiger partial charge in [-0.15, -0.1) is 0 Å². The summed E-state index contributed by atoms with van der Waals surface area (Å²) in [5.74, 6) is -1.08. The maximum absolute atomic E-state index is 14.4. The molecule has 0 spiro atoms. The third-order valence-corrected chi connectivity index (χ3v) is 8.19. The predicted octanol–water partition coefficient (Wildman–Crippen LogP) is 5.38. The topological polar surface area (TPSA) is 136 Å². The fraction of sp³-hybridized carbons (Fsp3) is 0.458. The van der Waals surface area contributed by atoms with Gasteiger partial charge in [0.25, 0.3) is 11.3 Å². The van der Waals surface area contributed by atoms with Gasteiger partial charge in [-0.25, -0.2) is 21.8 Å². The normalized spacial score (nSPS) is 13.6. The summed E-state index contributed by atoms with van der Waals surface area (Å²) in [6.07, 6.45) is -0.998. The standard InChI is InChI=1S/C24H31ClF2N2O7S2/c1-15-18(10-9-16(28)21(15)23(30)36-24(2,3)4)35-19-8-5-7-17(22(19)25)29(37(31)32)13-11-20(27)38(33,34)14-6-12-26/h5,7-10,20H,6,11-14,28H2,1-4H3,(H,31,32). The minimum absolute atomic E-state index is 0.0289. The zero-order valence-corrected chi connectivity index (χ0v) is 23.8. The molecule has 0 aliphatic heterocycles. The van der Waals surface area contributed by atoms with Crippen molar-refractivity contribution in [2.45, 2.75) is 51.6 Å². The molecule has 0 saturated carbocycles. The van der Waals surface area contributed by atoms with Crippen molar-refractivity contribution in [3.8, 4) is 11.5 Å². The van der Waals surface area contributed by atoms with Crippen molar-refractivity contribution in [2.24, 2.45) is 0 Å². The number of hydrogen-bond donors (Lipinski definition) is 2. The lowest BCUT2D eigenvalue weighted by molar-refractivity contribution is 0.00696. The van der Waals surface area contributed by atoms with E-state index in [9.17, 15) is 30.8 Å². The zero-order valence-electron chi connectivity index (χ0n) is 21.4. The number of anilines is 2. The highest BCUT2D eigenvalue weighted by Crippen LogP contribution is 2.39. The number of esters is 1. The number of nitrogens with zero attached hydrogens (tertiary/aromatic N) is 1. The monoisotopic (exact) mass is 596 g/mol. The van der Waals surface area contributed by atoms with Gasteiger partial charge in [-0.1, -0.05) is 17.7 Å². The van der Waals surface area contributed by atoms with E-state index in [1.54, 1.807) is 27.7 Å². The van der Waals surface area contributed by atoms with Crippen LogP contribution >= 0.6 is 11.6 Å². The van der Waals surface area contributed by atoms with Gasteiger partial charge in [-0.05, 0) is 58.4 Å². The summed E-state index contributed by atoms with van der Waals surface area (Å²) in [4.78, 5) is 12.7. The first kappa shape index (κ1) is 31.7. The molecular formula is C24H31ClF2N2O7S2. The number of alkyl halides is 2. The second-order valence-electron chi connectivity index (χ2n) is 9.29. The van der Waals surface area contributed by atoms with E-state index in [-0.39, 0.29) is 39.9 Å². The quantitative estimate of drug-likeness (QED) is 0.189. The van der Waals surface area contributed by atoms with Crippen LogP contribution in [0, 0.1) is 6.92 Å². The van der Waals surface area contributed by atoms with Crippen LogP contribution in [0.1, 0.15) is 49.5 Å². The number of carbonyl (C=O) groups excluding carboxylic acids is 1. The number of halogens is 3. The van der Waals surface area contributed by atoms with Crippen LogP contribution in [0.2, 0.25) is 5.02 Å². The summed E-state index contributed by atoms with van der Waals surface area (Å²) in [7, 11) is -4.24. The van der Waals surface area contributed by atoms with Crippen LogP contribution in [0.25, 0.3) is 0 Å². The van der Waals surface area contributed by atoms with Crippen molar-refractivity contribution in [1.82, 2.24) is 0 Å². The maximum Gasteiger partial charge on any atom is 0.341 e. The lowest BCUT2D eigenvalue weighted by Crippen LogP contribution is -2.31. The van der Waals surface area contributed by atoms with Gasteiger partial charge < -0.3 is 15.2 Å². The number of benzene rings is 2. The van der Waals surface area contributed by atoms with Crippen LogP contribution in [0.15, 0.2) is 30.3 Å². The summed E-state index contributed by atoms with van der Waals surface area (Å²) >= 11 is 3.76. The molecule has 0 aliphatic rings.